The topological polar surface area (TPSA) is 33.0 Å². The first kappa shape index (κ1) is 6.03. The second-order valence-electron chi connectivity index (χ2n) is 1.09. The maximum atomic E-state index is 7.96. The molecule has 0 spiro atoms. The minimum Gasteiger partial charge on any atom is -0.501 e. The SMILES string of the molecule is CO/C(C)=C/C#N. The van der Waals surface area contributed by atoms with Gasteiger partial charge in [-0.1, -0.05) is 0 Å². The highest BCUT2D eigenvalue weighted by Crippen LogP contribution is 1.87. The van der Waals surface area contributed by atoms with Gasteiger partial charge >= 0.3 is 0 Å². The van der Waals surface area contributed by atoms with Gasteiger partial charge in [-0.2, -0.15) is 5.26 Å². The van der Waals surface area contributed by atoms with Crippen LogP contribution in [0.25, 0.3) is 0 Å². The van der Waals surface area contributed by atoms with E-state index in [4.69, 9.17) is 5.26 Å². The lowest BCUT2D eigenvalue weighted by molar-refractivity contribution is 0.294. The molecular formula is C5H7NO. The van der Waals surface area contributed by atoms with Crippen molar-refractivity contribution in [1.82, 2.24) is 0 Å². The summed E-state index contributed by atoms with van der Waals surface area (Å²) in [6.07, 6.45) is 1.35. The lowest BCUT2D eigenvalue weighted by atomic mass is 10.5. The smallest absolute Gasteiger partial charge is 0.103 e. The predicted octanol–water partition coefficient (Wildman–Crippen LogP) is 1.06. The van der Waals surface area contributed by atoms with Crippen molar-refractivity contribution in [3.8, 4) is 6.07 Å². The van der Waals surface area contributed by atoms with Crippen LogP contribution in [0.3, 0.4) is 0 Å². The van der Waals surface area contributed by atoms with E-state index in [-0.39, 0.29) is 0 Å². The molecule has 0 aromatic carbocycles. The lowest BCUT2D eigenvalue weighted by Crippen LogP contribution is -1.74. The zero-order valence-electron chi connectivity index (χ0n) is 4.43. The molecule has 0 bridgehead atoms. The summed E-state index contributed by atoms with van der Waals surface area (Å²) in [4.78, 5) is 0. The van der Waals surface area contributed by atoms with E-state index >= 15 is 0 Å². The van der Waals surface area contributed by atoms with Gasteiger partial charge in [0, 0.05) is 0 Å². The first-order valence-corrected chi connectivity index (χ1v) is 1.91. The molecule has 38 valence electrons. The van der Waals surface area contributed by atoms with Crippen molar-refractivity contribution in [3.63, 3.8) is 0 Å². The van der Waals surface area contributed by atoms with Gasteiger partial charge in [-0.05, 0) is 6.92 Å². The molecule has 0 aromatic heterocycles. The second kappa shape index (κ2) is 3.23. The minimum atomic E-state index is 0.641. The van der Waals surface area contributed by atoms with E-state index in [2.05, 4.69) is 4.74 Å². The number of nitrogens with zero attached hydrogens (tertiary/aromatic N) is 1. The summed E-state index contributed by atoms with van der Waals surface area (Å²) in [5, 5.41) is 7.96. The molecule has 0 aromatic rings. The van der Waals surface area contributed by atoms with Crippen LogP contribution in [0.4, 0.5) is 0 Å². The highest BCUT2D eigenvalue weighted by Gasteiger charge is 1.76. The third-order valence-electron chi connectivity index (χ3n) is 0.590. The van der Waals surface area contributed by atoms with E-state index in [1.165, 1.54) is 13.2 Å². The molecule has 2 heteroatoms. The van der Waals surface area contributed by atoms with Gasteiger partial charge in [-0.3, -0.25) is 0 Å². The molecule has 0 atom stereocenters. The monoisotopic (exact) mass is 97.1 g/mol. The van der Waals surface area contributed by atoms with Crippen LogP contribution in [0.5, 0.6) is 0 Å². The molecule has 7 heavy (non-hydrogen) atoms. The molecule has 0 aliphatic heterocycles. The highest BCUT2D eigenvalue weighted by atomic mass is 16.5. The standard InChI is InChI=1S/C5H7NO/c1-5(7-2)3-4-6/h3H,1-2H3/b5-3+. The third-order valence-corrected chi connectivity index (χ3v) is 0.590. The van der Waals surface area contributed by atoms with Gasteiger partial charge in [0.25, 0.3) is 0 Å². The number of methoxy groups -OCH3 is 1. The van der Waals surface area contributed by atoms with E-state index in [1.807, 2.05) is 6.07 Å². The van der Waals surface area contributed by atoms with Crippen LogP contribution in [0.2, 0.25) is 0 Å². The molecular weight excluding hydrogens is 90.1 g/mol. The van der Waals surface area contributed by atoms with E-state index in [0.29, 0.717) is 5.76 Å². The van der Waals surface area contributed by atoms with Gasteiger partial charge in [0.05, 0.1) is 19.3 Å². The number of hydrogen-bond donors (Lipinski definition) is 0. The fraction of sp³-hybridized carbons (Fsp3) is 0.400. The van der Waals surface area contributed by atoms with E-state index < -0.39 is 0 Å². The Morgan fingerprint density at radius 2 is 2.43 bits per heavy atom. The molecule has 0 fully saturated rings. The van der Waals surface area contributed by atoms with Crippen molar-refractivity contribution >= 4 is 0 Å². The zero-order valence-corrected chi connectivity index (χ0v) is 4.43. The average molecular weight is 97.1 g/mol. The highest BCUT2D eigenvalue weighted by molar-refractivity contribution is 5.05. The minimum absolute atomic E-state index is 0.641. The van der Waals surface area contributed by atoms with Crippen LogP contribution in [0, 0.1) is 11.3 Å². The summed E-state index contributed by atoms with van der Waals surface area (Å²) in [7, 11) is 1.53. The van der Waals surface area contributed by atoms with Gasteiger partial charge in [0.1, 0.15) is 5.76 Å². The Labute approximate surface area is 43.0 Å². The van der Waals surface area contributed by atoms with E-state index in [0.717, 1.165) is 0 Å². The Morgan fingerprint density at radius 3 is 2.57 bits per heavy atom. The van der Waals surface area contributed by atoms with Gasteiger partial charge < -0.3 is 4.74 Å². The van der Waals surface area contributed by atoms with Crippen LogP contribution in [0.1, 0.15) is 6.92 Å². The van der Waals surface area contributed by atoms with Gasteiger partial charge in [0.15, 0.2) is 0 Å². The van der Waals surface area contributed by atoms with Crippen LogP contribution < -0.4 is 0 Å². The normalized spacial score (nSPS) is 10.1. The van der Waals surface area contributed by atoms with Gasteiger partial charge in [-0.15, -0.1) is 0 Å². The molecule has 0 radical (unpaired) electrons. The molecule has 2 nitrogen and oxygen atoms in total. The molecule has 0 unspecified atom stereocenters. The van der Waals surface area contributed by atoms with Crippen molar-refractivity contribution in [2.75, 3.05) is 7.11 Å². The molecule has 0 rings (SSSR count). The molecule has 0 saturated carbocycles. The number of hydrogen-bond acceptors (Lipinski definition) is 2. The van der Waals surface area contributed by atoms with E-state index in [1.54, 1.807) is 6.92 Å². The van der Waals surface area contributed by atoms with Gasteiger partial charge in [0.2, 0.25) is 0 Å². The summed E-state index contributed by atoms with van der Waals surface area (Å²) in [6, 6.07) is 1.83. The Bertz CT molecular complexity index is 110. The predicted molar refractivity (Wildman–Crippen MR) is 26.4 cm³/mol. The van der Waals surface area contributed by atoms with Crippen molar-refractivity contribution in [2.45, 2.75) is 6.92 Å². The van der Waals surface area contributed by atoms with E-state index in [9.17, 15) is 0 Å². The lowest BCUT2D eigenvalue weighted by Gasteiger charge is -1.90. The molecule has 0 aliphatic rings. The number of nitriles is 1. The van der Waals surface area contributed by atoms with Crippen molar-refractivity contribution < 1.29 is 4.74 Å². The summed E-state index contributed by atoms with van der Waals surface area (Å²) in [6.45, 7) is 1.73. The first-order chi connectivity index (χ1) is 3.31. The number of rotatable bonds is 1. The summed E-state index contributed by atoms with van der Waals surface area (Å²) < 4.78 is 4.63. The fourth-order valence-electron chi connectivity index (χ4n) is 0.150. The molecule has 0 N–H and O–H groups in total. The third kappa shape index (κ3) is 2.84. The largest absolute Gasteiger partial charge is 0.501 e. The van der Waals surface area contributed by atoms with Crippen LogP contribution >= 0.6 is 0 Å². The summed E-state index contributed by atoms with van der Waals surface area (Å²) in [5.41, 5.74) is 0. The zero-order chi connectivity index (χ0) is 5.70. The molecule has 0 aliphatic carbocycles. The Kier molecular flexibility index (Phi) is 2.78. The van der Waals surface area contributed by atoms with Gasteiger partial charge in [-0.25, -0.2) is 0 Å². The Morgan fingerprint density at radius 1 is 1.86 bits per heavy atom. The van der Waals surface area contributed by atoms with Crippen LogP contribution in [-0.2, 0) is 4.74 Å². The summed E-state index contributed by atoms with van der Waals surface area (Å²) in [5.74, 6) is 0.641. The number of allylic oxidation sites excluding steroid dienone is 2. The first-order valence-electron chi connectivity index (χ1n) is 1.91. The quantitative estimate of drug-likeness (QED) is 0.362. The summed E-state index contributed by atoms with van der Waals surface area (Å²) >= 11 is 0. The fourth-order valence-corrected chi connectivity index (χ4v) is 0.150. The van der Waals surface area contributed by atoms with Crippen LogP contribution in [0.15, 0.2) is 11.8 Å². The Balaban J connectivity index is 3.56. The molecule has 0 heterocycles. The van der Waals surface area contributed by atoms with Crippen molar-refractivity contribution in [2.24, 2.45) is 0 Å². The number of ether oxygens (including phenoxy) is 1. The average Bonchev–Trinajstić information content (AvgIpc) is 1.68. The van der Waals surface area contributed by atoms with Crippen molar-refractivity contribution in [1.29, 1.82) is 5.26 Å². The molecule has 0 amide bonds. The maximum absolute atomic E-state index is 7.96. The molecule has 0 saturated heterocycles. The van der Waals surface area contributed by atoms with Crippen LogP contribution in [-0.4, -0.2) is 7.11 Å². The maximum Gasteiger partial charge on any atom is 0.103 e. The van der Waals surface area contributed by atoms with Crippen molar-refractivity contribution in [3.05, 3.63) is 11.8 Å². The Hall–Kier alpha value is -0.970. The second-order valence-corrected chi connectivity index (χ2v) is 1.09.